The van der Waals surface area contributed by atoms with E-state index in [9.17, 15) is 4.79 Å². The monoisotopic (exact) mass is 312 g/mol. The van der Waals surface area contributed by atoms with Gasteiger partial charge in [0.2, 0.25) is 0 Å². The van der Waals surface area contributed by atoms with E-state index in [4.69, 9.17) is 10.5 Å². The fourth-order valence-corrected chi connectivity index (χ4v) is 3.09. The summed E-state index contributed by atoms with van der Waals surface area (Å²) < 4.78 is 5.87. The summed E-state index contributed by atoms with van der Waals surface area (Å²) in [6.45, 7) is 11.1. The topological polar surface area (TPSA) is 55.6 Å². The first-order valence-electron chi connectivity index (χ1n) is 7.61. The van der Waals surface area contributed by atoms with Crippen LogP contribution in [0, 0.1) is 5.92 Å². The average Bonchev–Trinajstić information content (AvgIpc) is 2.72. The molecule has 1 aromatic heterocycles. The van der Waals surface area contributed by atoms with Gasteiger partial charge in [0.15, 0.2) is 11.5 Å². The summed E-state index contributed by atoms with van der Waals surface area (Å²) in [5.74, 6) is 1.38. The van der Waals surface area contributed by atoms with E-state index in [0.29, 0.717) is 28.7 Å². The number of thiophene rings is 1. The van der Waals surface area contributed by atoms with Crippen LogP contribution in [0.5, 0.6) is 5.75 Å². The molecular formula is C16H28N2O2S. The first-order chi connectivity index (χ1) is 9.77. The number of ether oxygens (including phenoxy) is 1. The number of Topliss-reactive ketones (excluding diaryl/α,β-unsaturated/α-hetero) is 1. The molecular weight excluding hydrogens is 284 g/mol. The summed E-state index contributed by atoms with van der Waals surface area (Å²) in [4.78, 5) is 14.8. The molecule has 5 heteroatoms. The van der Waals surface area contributed by atoms with E-state index >= 15 is 0 Å². The van der Waals surface area contributed by atoms with Crippen LogP contribution in [0.4, 0.5) is 10.7 Å². The molecule has 0 amide bonds. The summed E-state index contributed by atoms with van der Waals surface area (Å²) in [5, 5.41) is 0.957. The minimum Gasteiger partial charge on any atom is -0.486 e. The molecule has 0 unspecified atom stereocenters. The van der Waals surface area contributed by atoms with Crippen LogP contribution in [0.3, 0.4) is 0 Å². The number of carbonyl (C=O) groups excluding carboxylic acids is 1. The summed E-state index contributed by atoms with van der Waals surface area (Å²) >= 11 is 1.45. The molecule has 0 aliphatic carbocycles. The van der Waals surface area contributed by atoms with E-state index in [-0.39, 0.29) is 11.9 Å². The van der Waals surface area contributed by atoms with Crippen LogP contribution in [0.1, 0.15) is 57.1 Å². The molecule has 0 atom stereocenters. The molecule has 1 heterocycles. The summed E-state index contributed by atoms with van der Waals surface area (Å²) in [5.41, 5.74) is 6.65. The molecule has 0 bridgehead atoms. The zero-order valence-electron chi connectivity index (χ0n) is 14.0. The molecule has 2 N–H and O–H groups in total. The third-order valence-corrected chi connectivity index (χ3v) is 4.54. The Hall–Kier alpha value is -1.23. The van der Waals surface area contributed by atoms with Crippen molar-refractivity contribution < 1.29 is 9.53 Å². The van der Waals surface area contributed by atoms with Crippen molar-refractivity contribution in [1.82, 2.24) is 0 Å². The van der Waals surface area contributed by atoms with E-state index in [2.05, 4.69) is 18.7 Å². The predicted molar refractivity (Wildman–Crippen MR) is 91.8 cm³/mol. The van der Waals surface area contributed by atoms with Gasteiger partial charge in [-0.25, -0.2) is 0 Å². The number of nitrogen functional groups attached to an aromatic ring is 1. The molecule has 120 valence electrons. The second-order valence-electron chi connectivity index (χ2n) is 6.03. The molecule has 0 aromatic carbocycles. The van der Waals surface area contributed by atoms with Gasteiger partial charge in [0.1, 0.15) is 5.00 Å². The van der Waals surface area contributed by atoms with Crippen LogP contribution in [-0.2, 0) is 0 Å². The molecule has 21 heavy (non-hydrogen) atoms. The fraction of sp³-hybridized carbons (Fsp3) is 0.688. The normalized spacial score (nSPS) is 11.2. The number of hydrogen-bond acceptors (Lipinski definition) is 5. The lowest BCUT2D eigenvalue weighted by atomic mass is 10.1. The van der Waals surface area contributed by atoms with Crippen molar-refractivity contribution >= 4 is 27.8 Å². The van der Waals surface area contributed by atoms with E-state index in [1.54, 1.807) is 0 Å². The zero-order chi connectivity index (χ0) is 16.2. The number of nitrogens with zero attached hydrogens (tertiary/aromatic N) is 1. The summed E-state index contributed by atoms with van der Waals surface area (Å²) in [6.07, 6.45) is 1.58. The summed E-state index contributed by atoms with van der Waals surface area (Å²) in [6, 6.07) is 0. The maximum absolute atomic E-state index is 12.0. The molecule has 0 spiro atoms. The Balaban J connectivity index is 3.12. The van der Waals surface area contributed by atoms with E-state index in [0.717, 1.165) is 18.0 Å². The van der Waals surface area contributed by atoms with Crippen molar-refractivity contribution in [3.05, 3.63) is 4.88 Å². The number of nitrogens with two attached hydrogens (primary N) is 1. The Bertz CT molecular complexity index is 481. The van der Waals surface area contributed by atoms with Gasteiger partial charge in [0.25, 0.3) is 0 Å². The Labute approximate surface area is 132 Å². The van der Waals surface area contributed by atoms with Crippen molar-refractivity contribution in [3.63, 3.8) is 0 Å². The molecule has 0 saturated carbocycles. The molecule has 4 nitrogen and oxygen atoms in total. The van der Waals surface area contributed by atoms with Gasteiger partial charge in [0, 0.05) is 20.0 Å². The van der Waals surface area contributed by atoms with Crippen LogP contribution < -0.4 is 15.4 Å². The third-order valence-electron chi connectivity index (χ3n) is 3.20. The van der Waals surface area contributed by atoms with Gasteiger partial charge in [-0.2, -0.15) is 0 Å². The quantitative estimate of drug-likeness (QED) is 0.731. The third kappa shape index (κ3) is 4.63. The van der Waals surface area contributed by atoms with Gasteiger partial charge in [-0.1, -0.05) is 20.8 Å². The van der Waals surface area contributed by atoms with E-state index < -0.39 is 0 Å². The number of rotatable bonds is 8. The molecule has 0 radical (unpaired) electrons. The van der Waals surface area contributed by atoms with Gasteiger partial charge in [0.05, 0.1) is 16.7 Å². The SMILES string of the molecule is CCC(=O)c1sc(N(C)CCC(C)C)c(OC(C)C)c1N. The number of carbonyl (C=O) groups is 1. The van der Waals surface area contributed by atoms with Crippen molar-refractivity contribution in [1.29, 1.82) is 0 Å². The van der Waals surface area contributed by atoms with Crippen LogP contribution >= 0.6 is 11.3 Å². The first kappa shape index (κ1) is 17.8. The van der Waals surface area contributed by atoms with Crippen molar-refractivity contribution in [2.24, 2.45) is 5.92 Å². The first-order valence-corrected chi connectivity index (χ1v) is 8.42. The number of anilines is 2. The molecule has 1 rings (SSSR count). The van der Waals surface area contributed by atoms with Gasteiger partial charge >= 0.3 is 0 Å². The summed E-state index contributed by atoms with van der Waals surface area (Å²) in [7, 11) is 2.03. The van der Waals surface area contributed by atoms with E-state index in [1.807, 2.05) is 27.8 Å². The lowest BCUT2D eigenvalue weighted by Gasteiger charge is -2.21. The largest absolute Gasteiger partial charge is 0.486 e. The lowest BCUT2D eigenvalue weighted by molar-refractivity contribution is 0.0992. The highest BCUT2D eigenvalue weighted by Crippen LogP contribution is 2.45. The zero-order valence-corrected chi connectivity index (χ0v) is 14.8. The smallest absolute Gasteiger partial charge is 0.177 e. The van der Waals surface area contributed by atoms with Gasteiger partial charge < -0.3 is 15.4 Å². The molecule has 0 fully saturated rings. The highest BCUT2D eigenvalue weighted by atomic mass is 32.1. The minimum absolute atomic E-state index is 0.0312. The predicted octanol–water partition coefficient (Wildman–Crippen LogP) is 4.19. The van der Waals surface area contributed by atoms with Gasteiger partial charge in [-0.15, -0.1) is 11.3 Å². The number of ketones is 1. The average molecular weight is 312 g/mol. The maximum atomic E-state index is 12.0. The molecule has 1 aromatic rings. The molecule has 0 aliphatic heterocycles. The van der Waals surface area contributed by atoms with E-state index in [1.165, 1.54) is 11.3 Å². The van der Waals surface area contributed by atoms with Crippen LogP contribution in [-0.4, -0.2) is 25.5 Å². The lowest BCUT2D eigenvalue weighted by Crippen LogP contribution is -2.20. The van der Waals surface area contributed by atoms with Crippen molar-refractivity contribution in [2.45, 2.75) is 53.6 Å². The van der Waals surface area contributed by atoms with Crippen LogP contribution in [0.2, 0.25) is 0 Å². The molecule has 0 saturated heterocycles. The standard InChI is InChI=1S/C16H28N2O2S/c1-7-12(19)15-13(17)14(20-11(4)5)16(21-15)18(6)9-8-10(2)3/h10-11H,7-9,17H2,1-6H3. The highest BCUT2D eigenvalue weighted by Gasteiger charge is 2.24. The van der Waals surface area contributed by atoms with Crippen molar-refractivity contribution in [3.8, 4) is 5.75 Å². The minimum atomic E-state index is 0.0312. The Morgan fingerprint density at radius 1 is 1.33 bits per heavy atom. The second kappa shape index (κ2) is 7.69. The highest BCUT2D eigenvalue weighted by molar-refractivity contribution is 7.19. The second-order valence-corrected chi connectivity index (χ2v) is 7.03. The van der Waals surface area contributed by atoms with Crippen molar-refractivity contribution in [2.75, 3.05) is 24.2 Å². The fourth-order valence-electron chi connectivity index (χ4n) is 1.94. The maximum Gasteiger partial charge on any atom is 0.177 e. The Morgan fingerprint density at radius 2 is 1.95 bits per heavy atom. The Kier molecular flexibility index (Phi) is 6.52. The van der Waals surface area contributed by atoms with Gasteiger partial charge in [-0.05, 0) is 26.2 Å². The number of hydrogen-bond donors (Lipinski definition) is 1. The van der Waals surface area contributed by atoms with Crippen LogP contribution in [0.15, 0.2) is 0 Å². The van der Waals surface area contributed by atoms with Gasteiger partial charge in [-0.3, -0.25) is 4.79 Å². The molecule has 0 aliphatic rings. The Morgan fingerprint density at radius 3 is 2.43 bits per heavy atom. The van der Waals surface area contributed by atoms with Crippen LogP contribution in [0.25, 0.3) is 0 Å².